The molecule has 0 saturated carbocycles. The van der Waals surface area contributed by atoms with Crippen LogP contribution in [0.3, 0.4) is 0 Å². The molecule has 0 bridgehead atoms. The summed E-state index contributed by atoms with van der Waals surface area (Å²) in [5, 5.41) is 9.30. The van der Waals surface area contributed by atoms with E-state index < -0.39 is 5.97 Å². The molecule has 2 heterocycles. The molecule has 0 unspecified atom stereocenters. The number of para-hydroxylation sites is 1. The molecule has 2 aromatic rings. The molecule has 112 valence electrons. The first-order valence-corrected chi connectivity index (χ1v) is 7.26. The standard InChI is InChI=1S/C17H17N3O2/c1-12-9-10-18-16(17(21)22)15(12)19-14-8-5-11-20(14)13-6-3-2-4-7-13/h2-4,6-7,9-10H,5,8,11H2,1H3,(H,21,22). The number of aromatic nitrogens is 1. The third-order valence-electron chi connectivity index (χ3n) is 3.73. The molecule has 0 spiro atoms. The van der Waals surface area contributed by atoms with Crippen molar-refractivity contribution in [3.63, 3.8) is 0 Å². The van der Waals surface area contributed by atoms with Gasteiger partial charge < -0.3 is 10.0 Å². The second kappa shape index (κ2) is 5.97. The molecule has 0 atom stereocenters. The highest BCUT2D eigenvalue weighted by atomic mass is 16.4. The van der Waals surface area contributed by atoms with E-state index in [1.807, 2.05) is 37.3 Å². The lowest BCUT2D eigenvalue weighted by molar-refractivity contribution is 0.0691. The Morgan fingerprint density at radius 3 is 2.77 bits per heavy atom. The van der Waals surface area contributed by atoms with Crippen molar-refractivity contribution in [1.29, 1.82) is 0 Å². The zero-order chi connectivity index (χ0) is 15.5. The fourth-order valence-electron chi connectivity index (χ4n) is 2.64. The molecule has 1 N–H and O–H groups in total. The summed E-state index contributed by atoms with van der Waals surface area (Å²) in [5.74, 6) is -0.155. The summed E-state index contributed by atoms with van der Waals surface area (Å²) in [6.07, 6.45) is 3.35. The summed E-state index contributed by atoms with van der Waals surface area (Å²) in [7, 11) is 0. The van der Waals surface area contributed by atoms with E-state index in [9.17, 15) is 9.90 Å². The number of carboxylic acids is 1. The fraction of sp³-hybridized carbons (Fsp3) is 0.235. The fourth-order valence-corrected chi connectivity index (χ4v) is 2.64. The van der Waals surface area contributed by atoms with Crippen LogP contribution in [0.4, 0.5) is 11.4 Å². The monoisotopic (exact) mass is 295 g/mol. The van der Waals surface area contributed by atoms with E-state index in [1.54, 1.807) is 6.07 Å². The lowest BCUT2D eigenvalue weighted by atomic mass is 10.2. The molecular formula is C17H17N3O2. The number of rotatable bonds is 3. The number of anilines is 1. The minimum atomic E-state index is -1.05. The van der Waals surface area contributed by atoms with Gasteiger partial charge in [0, 0.05) is 24.8 Å². The van der Waals surface area contributed by atoms with Crippen molar-refractivity contribution < 1.29 is 9.90 Å². The lowest BCUT2D eigenvalue weighted by Gasteiger charge is -2.19. The Balaban J connectivity index is 2.03. The molecule has 0 aliphatic carbocycles. The largest absolute Gasteiger partial charge is 0.476 e. The first-order chi connectivity index (χ1) is 10.7. The number of pyridine rings is 1. The van der Waals surface area contributed by atoms with Crippen LogP contribution in [0.15, 0.2) is 47.6 Å². The predicted molar refractivity (Wildman–Crippen MR) is 86.1 cm³/mol. The number of nitrogens with zero attached hydrogens (tertiary/aromatic N) is 3. The van der Waals surface area contributed by atoms with E-state index in [1.165, 1.54) is 6.20 Å². The van der Waals surface area contributed by atoms with Gasteiger partial charge in [0.2, 0.25) is 0 Å². The van der Waals surface area contributed by atoms with Gasteiger partial charge >= 0.3 is 5.97 Å². The molecular weight excluding hydrogens is 278 g/mol. The van der Waals surface area contributed by atoms with E-state index in [0.29, 0.717) is 5.69 Å². The number of aryl methyl sites for hydroxylation is 1. The van der Waals surface area contributed by atoms with Crippen molar-refractivity contribution in [2.24, 2.45) is 4.99 Å². The van der Waals surface area contributed by atoms with Crippen LogP contribution < -0.4 is 4.90 Å². The number of aliphatic imine (C=N–C) groups is 1. The summed E-state index contributed by atoms with van der Waals surface area (Å²) in [6, 6.07) is 11.8. The number of carboxylic acid groups (broad SMARTS) is 1. The van der Waals surface area contributed by atoms with Gasteiger partial charge in [-0.2, -0.15) is 0 Å². The van der Waals surface area contributed by atoms with E-state index in [0.717, 1.165) is 36.5 Å². The molecule has 22 heavy (non-hydrogen) atoms. The van der Waals surface area contributed by atoms with Crippen LogP contribution in [0.2, 0.25) is 0 Å². The zero-order valence-corrected chi connectivity index (χ0v) is 12.4. The van der Waals surface area contributed by atoms with Crippen LogP contribution in [-0.4, -0.2) is 28.4 Å². The number of hydrogen-bond acceptors (Lipinski definition) is 3. The van der Waals surface area contributed by atoms with Gasteiger partial charge in [0.25, 0.3) is 0 Å². The van der Waals surface area contributed by atoms with Crippen molar-refractivity contribution in [3.05, 3.63) is 53.9 Å². The minimum Gasteiger partial charge on any atom is -0.476 e. The smallest absolute Gasteiger partial charge is 0.356 e. The summed E-state index contributed by atoms with van der Waals surface area (Å²) < 4.78 is 0. The summed E-state index contributed by atoms with van der Waals surface area (Å²) in [5.41, 5.74) is 2.36. The molecule has 5 nitrogen and oxygen atoms in total. The summed E-state index contributed by atoms with van der Waals surface area (Å²) >= 11 is 0. The second-order valence-electron chi connectivity index (χ2n) is 5.25. The van der Waals surface area contributed by atoms with Crippen molar-refractivity contribution in [3.8, 4) is 0 Å². The summed E-state index contributed by atoms with van der Waals surface area (Å²) in [6.45, 7) is 2.75. The molecule has 1 fully saturated rings. The zero-order valence-electron chi connectivity index (χ0n) is 12.4. The van der Waals surface area contributed by atoms with Crippen LogP contribution in [0.25, 0.3) is 0 Å². The number of amidine groups is 1. The maximum atomic E-state index is 11.4. The van der Waals surface area contributed by atoms with Gasteiger partial charge in [-0.15, -0.1) is 0 Å². The van der Waals surface area contributed by atoms with E-state index in [4.69, 9.17) is 0 Å². The highest BCUT2D eigenvalue weighted by Crippen LogP contribution is 2.27. The molecule has 1 aliphatic rings. The quantitative estimate of drug-likeness (QED) is 0.942. The minimum absolute atomic E-state index is 0.00686. The topological polar surface area (TPSA) is 65.8 Å². The van der Waals surface area contributed by atoms with E-state index in [-0.39, 0.29) is 5.69 Å². The van der Waals surface area contributed by atoms with Gasteiger partial charge in [-0.25, -0.2) is 14.8 Å². The highest BCUT2D eigenvalue weighted by Gasteiger charge is 2.22. The Hall–Kier alpha value is -2.69. The van der Waals surface area contributed by atoms with Crippen molar-refractivity contribution in [1.82, 2.24) is 4.98 Å². The molecule has 1 aliphatic heterocycles. The first-order valence-electron chi connectivity index (χ1n) is 7.26. The van der Waals surface area contributed by atoms with Gasteiger partial charge in [-0.3, -0.25) is 0 Å². The van der Waals surface area contributed by atoms with Gasteiger partial charge in [-0.05, 0) is 37.1 Å². The normalized spacial score (nSPS) is 16.2. The van der Waals surface area contributed by atoms with E-state index >= 15 is 0 Å². The highest BCUT2D eigenvalue weighted by molar-refractivity contribution is 6.03. The Labute approximate surface area is 129 Å². The average molecular weight is 295 g/mol. The van der Waals surface area contributed by atoms with Gasteiger partial charge in [0.1, 0.15) is 11.5 Å². The Morgan fingerprint density at radius 2 is 2.05 bits per heavy atom. The van der Waals surface area contributed by atoms with Gasteiger partial charge in [0.15, 0.2) is 5.69 Å². The molecule has 1 aromatic heterocycles. The summed E-state index contributed by atoms with van der Waals surface area (Å²) in [4.78, 5) is 22.1. The Bertz CT molecular complexity index is 726. The molecule has 0 radical (unpaired) electrons. The maximum absolute atomic E-state index is 11.4. The third kappa shape index (κ3) is 2.70. The third-order valence-corrected chi connectivity index (χ3v) is 3.73. The SMILES string of the molecule is Cc1ccnc(C(=O)O)c1N=C1CCCN1c1ccccc1. The first kappa shape index (κ1) is 14.3. The molecule has 1 aromatic carbocycles. The van der Waals surface area contributed by atoms with Gasteiger partial charge in [0.05, 0.1) is 0 Å². The second-order valence-corrected chi connectivity index (χ2v) is 5.25. The van der Waals surface area contributed by atoms with E-state index in [2.05, 4.69) is 14.9 Å². The molecule has 5 heteroatoms. The number of aromatic carboxylic acids is 1. The number of hydrogen-bond donors (Lipinski definition) is 1. The van der Waals surface area contributed by atoms with Crippen molar-refractivity contribution >= 4 is 23.2 Å². The van der Waals surface area contributed by atoms with Gasteiger partial charge in [-0.1, -0.05) is 18.2 Å². The lowest BCUT2D eigenvalue weighted by Crippen LogP contribution is -2.24. The molecule has 1 saturated heterocycles. The Morgan fingerprint density at radius 1 is 1.27 bits per heavy atom. The molecule has 0 amide bonds. The predicted octanol–water partition coefficient (Wildman–Crippen LogP) is 3.42. The van der Waals surface area contributed by atoms with Crippen molar-refractivity contribution in [2.45, 2.75) is 19.8 Å². The maximum Gasteiger partial charge on any atom is 0.356 e. The van der Waals surface area contributed by atoms with Crippen molar-refractivity contribution in [2.75, 3.05) is 11.4 Å². The van der Waals surface area contributed by atoms with Crippen LogP contribution >= 0.6 is 0 Å². The van der Waals surface area contributed by atoms with Crippen LogP contribution in [0.1, 0.15) is 28.9 Å². The number of benzene rings is 1. The van der Waals surface area contributed by atoms with Crippen LogP contribution in [-0.2, 0) is 0 Å². The Kier molecular flexibility index (Phi) is 3.87. The van der Waals surface area contributed by atoms with Crippen LogP contribution in [0, 0.1) is 6.92 Å². The molecule has 3 rings (SSSR count). The average Bonchev–Trinajstić information content (AvgIpc) is 2.98. The number of carbonyl (C=O) groups is 1. The van der Waals surface area contributed by atoms with Crippen LogP contribution in [0.5, 0.6) is 0 Å².